The Kier molecular flexibility index (Phi) is 10.0. The van der Waals surface area contributed by atoms with Crippen LogP contribution in [-0.4, -0.2) is 58.0 Å². The molecule has 0 saturated carbocycles. The van der Waals surface area contributed by atoms with Crippen molar-refractivity contribution in [3.8, 4) is 5.75 Å². The number of nitrogens with zero attached hydrogens (tertiary/aromatic N) is 1. The summed E-state index contributed by atoms with van der Waals surface area (Å²) in [4.78, 5) is 24.5. The summed E-state index contributed by atoms with van der Waals surface area (Å²) in [5.41, 5.74) is 0.629. The van der Waals surface area contributed by atoms with Crippen LogP contribution in [0.4, 0.5) is 4.79 Å². The van der Waals surface area contributed by atoms with Crippen molar-refractivity contribution in [2.75, 3.05) is 33.9 Å². The number of methoxy groups -OCH3 is 1. The van der Waals surface area contributed by atoms with Gasteiger partial charge in [0, 0.05) is 31.7 Å². The van der Waals surface area contributed by atoms with Crippen LogP contribution >= 0.6 is 24.2 Å². The van der Waals surface area contributed by atoms with E-state index in [1.165, 1.54) is 43.7 Å². The molecule has 0 saturated heterocycles. The molecule has 0 aliphatic heterocycles. The first-order valence-corrected chi connectivity index (χ1v) is 12.2. The van der Waals surface area contributed by atoms with Gasteiger partial charge in [-0.25, -0.2) is 4.79 Å². The third kappa shape index (κ3) is 7.26. The third-order valence-electron chi connectivity index (χ3n) is 4.10. The number of thiol groups is 1. The lowest BCUT2D eigenvalue weighted by molar-refractivity contribution is -0.116. The zero-order valence-electron chi connectivity index (χ0n) is 17.6. The molecule has 1 aromatic heterocycles. The highest BCUT2D eigenvalue weighted by Crippen LogP contribution is 2.29. The van der Waals surface area contributed by atoms with Gasteiger partial charge in [-0.1, -0.05) is 12.1 Å². The van der Waals surface area contributed by atoms with E-state index in [-0.39, 0.29) is 36.3 Å². The molecule has 2 aromatic rings. The Balaban J connectivity index is 2.13. The number of rotatable bonds is 11. The number of sulfonamides is 1. The van der Waals surface area contributed by atoms with Crippen molar-refractivity contribution in [3.63, 3.8) is 0 Å². The topological polar surface area (TPSA) is 114 Å². The van der Waals surface area contributed by atoms with Gasteiger partial charge >= 0.3 is 6.03 Å². The van der Waals surface area contributed by atoms with Crippen LogP contribution in [-0.2, 0) is 26.0 Å². The summed E-state index contributed by atoms with van der Waals surface area (Å²) < 4.78 is 36.6. The Labute approximate surface area is 197 Å². The number of urea groups is 1. The minimum absolute atomic E-state index is 0.0664. The van der Waals surface area contributed by atoms with E-state index in [4.69, 9.17) is 9.47 Å². The van der Waals surface area contributed by atoms with Gasteiger partial charge in [-0.15, -0.1) is 11.3 Å². The quantitative estimate of drug-likeness (QED) is 0.248. The van der Waals surface area contributed by atoms with E-state index in [0.29, 0.717) is 15.7 Å². The molecule has 174 valence electrons. The fourth-order valence-corrected chi connectivity index (χ4v) is 4.65. The Morgan fingerprint density at radius 2 is 2.03 bits per heavy atom. The SMILES string of the molecule is CNC(=O)N(S)S(=O)(=O)c1cc(CCNC(=O)C=Cc2cccs2)ccc1OCCOC. The molecule has 0 spiro atoms. The van der Waals surface area contributed by atoms with Crippen LogP contribution in [0.5, 0.6) is 5.75 Å². The summed E-state index contributed by atoms with van der Waals surface area (Å²) in [6.45, 7) is 0.668. The maximum atomic E-state index is 12.9. The normalized spacial score (nSPS) is 11.3. The molecule has 0 atom stereocenters. The van der Waals surface area contributed by atoms with E-state index in [9.17, 15) is 18.0 Å². The summed E-state index contributed by atoms with van der Waals surface area (Å²) in [5, 5.41) is 6.88. The zero-order chi connectivity index (χ0) is 23.6. The van der Waals surface area contributed by atoms with Crippen molar-refractivity contribution in [1.29, 1.82) is 0 Å². The number of thiophene rings is 1. The van der Waals surface area contributed by atoms with E-state index in [1.807, 2.05) is 17.5 Å². The number of carbonyl (C=O) groups excluding carboxylic acids is 2. The average Bonchev–Trinajstić information content (AvgIpc) is 3.31. The monoisotopic (exact) mass is 499 g/mol. The Morgan fingerprint density at radius 1 is 1.25 bits per heavy atom. The molecule has 0 aliphatic carbocycles. The highest BCUT2D eigenvalue weighted by molar-refractivity contribution is 8.00. The second kappa shape index (κ2) is 12.5. The Morgan fingerprint density at radius 3 is 2.69 bits per heavy atom. The predicted molar refractivity (Wildman–Crippen MR) is 126 cm³/mol. The maximum Gasteiger partial charge on any atom is 0.341 e. The van der Waals surface area contributed by atoms with E-state index in [2.05, 4.69) is 23.4 Å². The minimum atomic E-state index is -4.29. The van der Waals surface area contributed by atoms with Gasteiger partial charge in [0.15, 0.2) is 0 Å². The van der Waals surface area contributed by atoms with Crippen molar-refractivity contribution < 1.29 is 27.5 Å². The molecule has 3 amide bonds. The molecule has 2 N–H and O–H groups in total. The summed E-state index contributed by atoms with van der Waals surface area (Å²) >= 11 is 5.34. The molecule has 32 heavy (non-hydrogen) atoms. The fourth-order valence-electron chi connectivity index (χ4n) is 2.49. The first kappa shape index (κ1) is 25.7. The van der Waals surface area contributed by atoms with Crippen molar-refractivity contribution in [3.05, 3.63) is 52.2 Å². The minimum Gasteiger partial charge on any atom is -0.490 e. The van der Waals surface area contributed by atoms with Gasteiger partial charge in [0.25, 0.3) is 10.0 Å². The zero-order valence-corrected chi connectivity index (χ0v) is 20.1. The molecule has 9 nitrogen and oxygen atoms in total. The Bertz CT molecular complexity index is 1040. The molecule has 2 rings (SSSR count). The number of ether oxygens (including phenoxy) is 2. The van der Waals surface area contributed by atoms with Gasteiger partial charge in [0.05, 0.1) is 6.61 Å². The van der Waals surface area contributed by atoms with Gasteiger partial charge < -0.3 is 20.1 Å². The first-order chi connectivity index (χ1) is 15.3. The maximum absolute atomic E-state index is 12.9. The smallest absolute Gasteiger partial charge is 0.341 e. The third-order valence-corrected chi connectivity index (χ3v) is 7.26. The number of carbonyl (C=O) groups is 2. The second-order valence-electron chi connectivity index (χ2n) is 6.32. The molecular weight excluding hydrogens is 474 g/mol. The van der Waals surface area contributed by atoms with E-state index < -0.39 is 16.1 Å². The number of nitrogens with one attached hydrogen (secondary N) is 2. The van der Waals surface area contributed by atoms with Crippen molar-refractivity contribution in [2.45, 2.75) is 11.3 Å². The summed E-state index contributed by atoms with van der Waals surface area (Å²) in [6, 6.07) is 7.48. The molecule has 0 bridgehead atoms. The molecule has 1 heterocycles. The standard InChI is InChI=1S/C20H25N3O6S3/c1-21-20(25)23(30)32(26,27)18-14-15(5-7-17(18)29-12-11-28-2)9-10-22-19(24)8-6-16-4-3-13-31-16/h3-8,13-14,30H,9-12H2,1-2H3,(H,21,25)(H,22,24). The van der Waals surface area contributed by atoms with Crippen molar-refractivity contribution in [2.24, 2.45) is 0 Å². The molecule has 1 aromatic carbocycles. The number of hydrogen-bond donors (Lipinski definition) is 3. The molecule has 0 aliphatic rings. The van der Waals surface area contributed by atoms with Crippen molar-refractivity contribution >= 4 is 52.2 Å². The van der Waals surface area contributed by atoms with Gasteiger partial charge in [0.2, 0.25) is 5.91 Å². The number of amides is 3. The number of benzene rings is 1. The van der Waals surface area contributed by atoms with Gasteiger partial charge in [-0.3, -0.25) is 4.79 Å². The largest absolute Gasteiger partial charge is 0.490 e. The lowest BCUT2D eigenvalue weighted by atomic mass is 10.1. The van der Waals surface area contributed by atoms with Crippen LogP contribution in [0.1, 0.15) is 10.4 Å². The number of hydrogen-bond acceptors (Lipinski definition) is 8. The average molecular weight is 500 g/mol. The van der Waals surface area contributed by atoms with Crippen LogP contribution in [0.15, 0.2) is 46.7 Å². The lowest BCUT2D eigenvalue weighted by Crippen LogP contribution is -2.36. The molecule has 0 fully saturated rings. The predicted octanol–water partition coefficient (Wildman–Crippen LogP) is 2.32. The second-order valence-corrected chi connectivity index (χ2v) is 9.72. The highest BCUT2D eigenvalue weighted by Gasteiger charge is 2.30. The van der Waals surface area contributed by atoms with E-state index >= 15 is 0 Å². The summed E-state index contributed by atoms with van der Waals surface area (Å²) in [6.07, 6.45) is 3.53. The van der Waals surface area contributed by atoms with Gasteiger partial charge in [-0.05, 0) is 54.5 Å². The van der Waals surface area contributed by atoms with E-state index in [1.54, 1.807) is 12.1 Å². The summed E-state index contributed by atoms with van der Waals surface area (Å²) in [7, 11) is -1.50. The Hall–Kier alpha value is -2.54. The molecule has 0 unspecified atom stereocenters. The fraction of sp³-hybridized carbons (Fsp3) is 0.300. The van der Waals surface area contributed by atoms with Crippen LogP contribution < -0.4 is 15.4 Å². The lowest BCUT2D eigenvalue weighted by Gasteiger charge is -2.19. The van der Waals surface area contributed by atoms with Crippen molar-refractivity contribution in [1.82, 2.24) is 14.3 Å². The van der Waals surface area contributed by atoms with Crippen LogP contribution in [0.2, 0.25) is 0 Å². The highest BCUT2D eigenvalue weighted by atomic mass is 32.3. The van der Waals surface area contributed by atoms with Crippen LogP contribution in [0, 0.1) is 0 Å². The molecular formula is C20H25N3O6S3. The van der Waals surface area contributed by atoms with Crippen LogP contribution in [0.25, 0.3) is 6.08 Å². The van der Waals surface area contributed by atoms with E-state index in [0.717, 1.165) is 4.88 Å². The molecule has 0 radical (unpaired) electrons. The molecule has 12 heteroatoms. The van der Waals surface area contributed by atoms with Gasteiger partial charge in [-0.2, -0.15) is 12.1 Å². The van der Waals surface area contributed by atoms with Crippen LogP contribution in [0.3, 0.4) is 0 Å². The first-order valence-electron chi connectivity index (χ1n) is 9.49. The van der Waals surface area contributed by atoms with Gasteiger partial charge in [0.1, 0.15) is 17.3 Å². The summed E-state index contributed by atoms with van der Waals surface area (Å²) in [5.74, 6) is -0.191.